The second-order valence-corrected chi connectivity index (χ2v) is 9.46. The normalized spacial score (nSPS) is 14.1. The molecule has 4 amide bonds. The second kappa shape index (κ2) is 15.4. The van der Waals surface area contributed by atoms with E-state index in [4.69, 9.17) is 11.5 Å². The molecule has 0 spiro atoms. The van der Waals surface area contributed by atoms with Crippen LogP contribution in [-0.2, 0) is 36.8 Å². The van der Waals surface area contributed by atoms with Crippen molar-refractivity contribution in [2.75, 3.05) is 12.0 Å². The van der Waals surface area contributed by atoms with Crippen LogP contribution in [0.2, 0.25) is 0 Å². The lowest BCUT2D eigenvalue weighted by Crippen LogP contribution is -2.58. The molecule has 0 aliphatic carbocycles. The number of hydrogen-bond donors (Lipinski definition) is 8. The number of rotatable bonds is 17. The summed E-state index contributed by atoms with van der Waals surface area (Å²) in [5.41, 5.74) is 12.3. The number of aromatic amines is 2. The van der Waals surface area contributed by atoms with E-state index in [1.807, 2.05) is 6.26 Å². The Labute approximate surface area is 222 Å². The largest absolute Gasteiger partial charge is 0.480 e. The molecule has 2 aromatic heterocycles. The smallest absolute Gasteiger partial charge is 0.326 e. The molecule has 16 heteroatoms. The maximum atomic E-state index is 13.2. The lowest BCUT2D eigenvalue weighted by Gasteiger charge is -2.25. The Balaban J connectivity index is 2.16. The van der Waals surface area contributed by atoms with Crippen molar-refractivity contribution >= 4 is 41.4 Å². The topological polar surface area (TPSA) is 251 Å². The summed E-state index contributed by atoms with van der Waals surface area (Å²) in [7, 11) is 0. The number of imidazole rings is 2. The van der Waals surface area contributed by atoms with E-state index in [1.54, 1.807) is 0 Å². The molecular weight excluding hydrogens is 518 g/mol. The molecule has 0 bridgehead atoms. The van der Waals surface area contributed by atoms with Gasteiger partial charge in [-0.1, -0.05) is 0 Å². The van der Waals surface area contributed by atoms with Crippen molar-refractivity contribution in [3.05, 3.63) is 36.4 Å². The van der Waals surface area contributed by atoms with Crippen LogP contribution >= 0.6 is 11.8 Å². The van der Waals surface area contributed by atoms with Crippen LogP contribution in [-0.4, -0.2) is 90.8 Å². The van der Waals surface area contributed by atoms with E-state index >= 15 is 0 Å². The first kappa shape index (κ1) is 30.3. The number of aromatic nitrogens is 4. The quantitative estimate of drug-likeness (QED) is 0.105. The molecule has 2 aromatic rings. The van der Waals surface area contributed by atoms with Gasteiger partial charge in [-0.25, -0.2) is 14.8 Å². The third-order valence-electron chi connectivity index (χ3n) is 5.48. The van der Waals surface area contributed by atoms with E-state index in [-0.39, 0.29) is 32.1 Å². The minimum Gasteiger partial charge on any atom is -0.480 e. The molecule has 0 aliphatic rings. The van der Waals surface area contributed by atoms with Gasteiger partial charge in [0.05, 0.1) is 18.7 Å². The Kier molecular flexibility index (Phi) is 12.2. The fraction of sp³-hybridized carbons (Fsp3) is 0.500. The SMILES string of the molecule is CSCCC(NC(=O)C(Cc1cnc[nH]1)NC(=O)C(CCC(N)=O)NC(=O)C(N)Cc1cnc[nH]1)C(=O)O. The van der Waals surface area contributed by atoms with Crippen molar-refractivity contribution in [1.82, 2.24) is 35.9 Å². The van der Waals surface area contributed by atoms with Gasteiger partial charge in [0.25, 0.3) is 0 Å². The summed E-state index contributed by atoms with van der Waals surface area (Å²) in [5.74, 6) is -3.59. The molecule has 0 aromatic carbocycles. The number of hydrogen-bond acceptors (Lipinski definition) is 9. The van der Waals surface area contributed by atoms with Crippen LogP contribution < -0.4 is 27.4 Å². The monoisotopic (exact) mass is 551 g/mol. The van der Waals surface area contributed by atoms with E-state index in [9.17, 15) is 29.1 Å². The first-order valence-corrected chi connectivity index (χ1v) is 13.1. The molecule has 208 valence electrons. The summed E-state index contributed by atoms with van der Waals surface area (Å²) < 4.78 is 0. The van der Waals surface area contributed by atoms with Crippen molar-refractivity contribution in [3.8, 4) is 0 Å². The highest BCUT2D eigenvalue weighted by molar-refractivity contribution is 7.98. The van der Waals surface area contributed by atoms with Gasteiger partial charge in [0.2, 0.25) is 23.6 Å². The Morgan fingerprint density at radius 3 is 1.97 bits per heavy atom. The predicted molar refractivity (Wildman–Crippen MR) is 137 cm³/mol. The number of aliphatic carboxylic acids is 1. The van der Waals surface area contributed by atoms with E-state index in [1.165, 1.54) is 36.8 Å². The van der Waals surface area contributed by atoms with Crippen LogP contribution in [0.5, 0.6) is 0 Å². The van der Waals surface area contributed by atoms with Crippen LogP contribution in [0.1, 0.15) is 30.7 Å². The molecule has 0 radical (unpaired) electrons. The Hall–Kier alpha value is -3.92. The molecule has 38 heavy (non-hydrogen) atoms. The molecule has 0 fully saturated rings. The van der Waals surface area contributed by atoms with Gasteiger partial charge in [-0.15, -0.1) is 0 Å². The molecule has 0 saturated carbocycles. The molecule has 0 aliphatic heterocycles. The van der Waals surface area contributed by atoms with Crippen LogP contribution in [0, 0.1) is 0 Å². The predicted octanol–water partition coefficient (Wildman–Crippen LogP) is -2.20. The lowest BCUT2D eigenvalue weighted by atomic mass is 10.1. The third-order valence-corrected chi connectivity index (χ3v) is 6.12. The average Bonchev–Trinajstić information content (AvgIpc) is 3.57. The number of carboxylic acid groups (broad SMARTS) is 1. The standard InChI is InChI=1S/C22H33N9O6S/c1-38-5-4-16(22(36)37)30-21(35)17(7-13-9-26-11-28-13)31-20(34)15(2-3-18(24)32)29-19(33)14(23)6-12-8-25-10-27-12/h8-11,14-17H,2-7,23H2,1H3,(H2,24,32)(H,25,27)(H,26,28)(H,29,33)(H,30,35)(H,31,34)(H,36,37). The number of primary amides is 1. The van der Waals surface area contributed by atoms with E-state index in [0.29, 0.717) is 17.1 Å². The number of carbonyl (C=O) groups is 5. The molecule has 10 N–H and O–H groups in total. The average molecular weight is 552 g/mol. The molecule has 15 nitrogen and oxygen atoms in total. The number of nitrogens with one attached hydrogen (secondary N) is 5. The molecule has 2 heterocycles. The molecule has 4 unspecified atom stereocenters. The van der Waals surface area contributed by atoms with Crippen molar-refractivity contribution in [2.24, 2.45) is 11.5 Å². The minimum absolute atomic E-state index is 0.0394. The Morgan fingerprint density at radius 2 is 1.45 bits per heavy atom. The first-order chi connectivity index (χ1) is 18.1. The van der Waals surface area contributed by atoms with Gasteiger partial charge in [0, 0.05) is 43.0 Å². The number of nitrogens with zero attached hydrogens (tertiary/aromatic N) is 2. The first-order valence-electron chi connectivity index (χ1n) is 11.7. The zero-order chi connectivity index (χ0) is 28.1. The highest BCUT2D eigenvalue weighted by Gasteiger charge is 2.31. The number of H-pyrrole nitrogens is 2. The van der Waals surface area contributed by atoms with Crippen LogP contribution in [0.3, 0.4) is 0 Å². The van der Waals surface area contributed by atoms with E-state index in [0.717, 1.165) is 0 Å². The fourth-order valence-corrected chi connectivity index (χ4v) is 3.89. The summed E-state index contributed by atoms with van der Waals surface area (Å²) in [6.45, 7) is 0. The van der Waals surface area contributed by atoms with Crippen molar-refractivity contribution in [2.45, 2.75) is 56.3 Å². The molecule has 4 atom stereocenters. The van der Waals surface area contributed by atoms with Gasteiger partial charge in [-0.2, -0.15) is 11.8 Å². The highest BCUT2D eigenvalue weighted by Crippen LogP contribution is 2.06. The van der Waals surface area contributed by atoms with Crippen LogP contribution in [0.4, 0.5) is 0 Å². The minimum atomic E-state index is -1.24. The van der Waals surface area contributed by atoms with Crippen LogP contribution in [0.25, 0.3) is 0 Å². The molecule has 0 saturated heterocycles. The third kappa shape index (κ3) is 10.2. The van der Waals surface area contributed by atoms with Gasteiger partial charge < -0.3 is 42.5 Å². The summed E-state index contributed by atoms with van der Waals surface area (Å²) in [5, 5.41) is 17.0. The van der Waals surface area contributed by atoms with E-state index in [2.05, 4.69) is 35.9 Å². The maximum Gasteiger partial charge on any atom is 0.326 e. The van der Waals surface area contributed by atoms with Crippen LogP contribution in [0.15, 0.2) is 25.0 Å². The molecular formula is C22H33N9O6S. The van der Waals surface area contributed by atoms with Gasteiger partial charge in [0.15, 0.2) is 0 Å². The zero-order valence-electron chi connectivity index (χ0n) is 20.8. The number of nitrogens with two attached hydrogens (primary N) is 2. The number of carboxylic acids is 1. The zero-order valence-corrected chi connectivity index (χ0v) is 21.6. The Bertz CT molecular complexity index is 1060. The fourth-order valence-electron chi connectivity index (χ4n) is 3.42. The van der Waals surface area contributed by atoms with Gasteiger partial charge >= 0.3 is 5.97 Å². The highest BCUT2D eigenvalue weighted by atomic mass is 32.2. The summed E-state index contributed by atoms with van der Waals surface area (Å²) in [4.78, 5) is 75.4. The molecule has 2 rings (SSSR count). The lowest BCUT2D eigenvalue weighted by molar-refractivity contribution is -0.142. The van der Waals surface area contributed by atoms with Crippen molar-refractivity contribution in [1.29, 1.82) is 0 Å². The number of amides is 4. The Morgan fingerprint density at radius 1 is 0.895 bits per heavy atom. The van der Waals surface area contributed by atoms with Gasteiger partial charge in [-0.05, 0) is 24.9 Å². The summed E-state index contributed by atoms with van der Waals surface area (Å²) >= 11 is 1.43. The maximum absolute atomic E-state index is 13.2. The van der Waals surface area contributed by atoms with Crippen molar-refractivity contribution in [3.63, 3.8) is 0 Å². The summed E-state index contributed by atoms with van der Waals surface area (Å²) in [6.07, 6.45) is 7.49. The summed E-state index contributed by atoms with van der Waals surface area (Å²) in [6, 6.07) is -4.66. The number of thioether (sulfide) groups is 1. The second-order valence-electron chi connectivity index (χ2n) is 8.48. The number of carbonyl (C=O) groups excluding carboxylic acids is 4. The van der Waals surface area contributed by atoms with Gasteiger partial charge in [-0.3, -0.25) is 19.2 Å². The van der Waals surface area contributed by atoms with Gasteiger partial charge in [0.1, 0.15) is 18.1 Å². The van der Waals surface area contributed by atoms with Crippen molar-refractivity contribution < 1.29 is 29.1 Å². The van der Waals surface area contributed by atoms with E-state index < -0.39 is 53.8 Å².